The van der Waals surface area contributed by atoms with Gasteiger partial charge in [-0.3, -0.25) is 10.1 Å². The number of aryl methyl sites for hydroxylation is 1. The largest absolute Gasteiger partial charge is 0.502 e. The molecule has 0 saturated carbocycles. The van der Waals surface area contributed by atoms with Crippen molar-refractivity contribution in [2.45, 2.75) is 13.5 Å². The third kappa shape index (κ3) is 2.86. The molecule has 10 nitrogen and oxygen atoms in total. The number of phenols is 1. The Kier molecular flexibility index (Phi) is 4.28. The molecule has 0 radical (unpaired) electrons. The number of nitrogens with one attached hydrogen (secondary N) is 1. The number of anilines is 1. The lowest BCUT2D eigenvalue weighted by Crippen LogP contribution is -2.02. The Hall–Kier alpha value is -4.08. The molecule has 10 heteroatoms. The number of hydrazone groups is 1. The predicted molar refractivity (Wildman–Crippen MR) is 104 cm³/mol. The van der Waals surface area contributed by atoms with Crippen LogP contribution in [0.15, 0.2) is 47.6 Å². The molecule has 0 spiro atoms. The average molecular weight is 377 g/mol. The second-order valence-electron chi connectivity index (χ2n) is 5.91. The number of nitro groups is 1. The number of benzene rings is 2. The van der Waals surface area contributed by atoms with E-state index in [9.17, 15) is 15.2 Å². The summed E-state index contributed by atoms with van der Waals surface area (Å²) in [5, 5.41) is 34.0. The van der Waals surface area contributed by atoms with Crippen LogP contribution in [-0.4, -0.2) is 36.0 Å². The Bertz CT molecular complexity index is 1230. The van der Waals surface area contributed by atoms with Gasteiger partial charge in [-0.1, -0.05) is 24.3 Å². The van der Waals surface area contributed by atoms with Gasteiger partial charge in [0, 0.05) is 23.6 Å². The first-order valence-corrected chi connectivity index (χ1v) is 8.47. The molecule has 0 aliphatic rings. The van der Waals surface area contributed by atoms with E-state index < -0.39 is 16.4 Å². The molecule has 0 aliphatic heterocycles. The highest BCUT2D eigenvalue weighted by Gasteiger charge is 2.15. The Morgan fingerprint density at radius 3 is 2.86 bits per heavy atom. The van der Waals surface area contributed by atoms with Gasteiger partial charge in [0.15, 0.2) is 5.65 Å². The van der Waals surface area contributed by atoms with Crippen LogP contribution in [0.3, 0.4) is 0 Å². The van der Waals surface area contributed by atoms with Crippen molar-refractivity contribution in [1.29, 1.82) is 0 Å². The normalized spacial score (nSPS) is 11.5. The van der Waals surface area contributed by atoms with Gasteiger partial charge in [0.1, 0.15) is 5.52 Å². The topological polar surface area (TPSA) is 131 Å². The summed E-state index contributed by atoms with van der Waals surface area (Å²) in [6.07, 6.45) is 1.26. The maximum absolute atomic E-state index is 10.9. The van der Waals surface area contributed by atoms with Crippen molar-refractivity contribution < 1.29 is 10.0 Å². The molecule has 0 amide bonds. The van der Waals surface area contributed by atoms with E-state index in [0.29, 0.717) is 17.7 Å². The van der Waals surface area contributed by atoms with Gasteiger partial charge in [0.05, 0.1) is 16.7 Å². The number of nitro benzene ring substituents is 1. The van der Waals surface area contributed by atoms with Crippen molar-refractivity contribution in [3.63, 3.8) is 0 Å². The molecule has 0 atom stereocenters. The Morgan fingerprint density at radius 1 is 1.25 bits per heavy atom. The zero-order chi connectivity index (χ0) is 19.7. The SMILES string of the molecule is CCn1c2ccccc2c2nnc(N/N=C\c3cccc([N+](=O)[O-])c3O)nc21. The molecule has 2 aromatic heterocycles. The minimum Gasteiger partial charge on any atom is -0.502 e. The van der Waals surface area contributed by atoms with Crippen molar-refractivity contribution in [1.82, 2.24) is 19.7 Å². The van der Waals surface area contributed by atoms with Gasteiger partial charge in [-0.15, -0.1) is 10.2 Å². The number of aromatic nitrogens is 4. The average Bonchev–Trinajstić information content (AvgIpc) is 3.02. The lowest BCUT2D eigenvalue weighted by Gasteiger charge is -2.03. The molecule has 2 heterocycles. The van der Waals surface area contributed by atoms with Crippen molar-refractivity contribution in [3.8, 4) is 5.75 Å². The monoisotopic (exact) mass is 377 g/mol. The van der Waals surface area contributed by atoms with E-state index in [4.69, 9.17) is 0 Å². The molecular formula is C18H15N7O3. The van der Waals surface area contributed by atoms with Crippen LogP contribution < -0.4 is 5.43 Å². The molecule has 140 valence electrons. The van der Waals surface area contributed by atoms with Crippen LogP contribution in [0.4, 0.5) is 11.6 Å². The maximum atomic E-state index is 10.9. The minimum absolute atomic E-state index is 0.172. The third-order valence-corrected chi connectivity index (χ3v) is 4.30. The van der Waals surface area contributed by atoms with Crippen LogP contribution in [0.1, 0.15) is 12.5 Å². The van der Waals surface area contributed by atoms with Gasteiger partial charge >= 0.3 is 5.69 Å². The summed E-state index contributed by atoms with van der Waals surface area (Å²) in [5.74, 6) is -0.287. The summed E-state index contributed by atoms with van der Waals surface area (Å²) < 4.78 is 2.03. The molecule has 4 aromatic rings. The number of nitrogens with zero attached hydrogens (tertiary/aromatic N) is 6. The molecule has 0 unspecified atom stereocenters. The summed E-state index contributed by atoms with van der Waals surface area (Å²) >= 11 is 0. The van der Waals surface area contributed by atoms with Crippen LogP contribution in [0.25, 0.3) is 22.1 Å². The van der Waals surface area contributed by atoms with Crippen LogP contribution in [0.2, 0.25) is 0 Å². The number of fused-ring (bicyclic) bond motifs is 3. The number of phenolic OH excluding ortho intramolecular Hbond substituents is 1. The van der Waals surface area contributed by atoms with Crippen molar-refractivity contribution in [2.24, 2.45) is 5.10 Å². The molecule has 2 N–H and O–H groups in total. The first kappa shape index (κ1) is 17.3. The Balaban J connectivity index is 1.66. The zero-order valence-corrected chi connectivity index (χ0v) is 14.8. The summed E-state index contributed by atoms with van der Waals surface area (Å²) in [7, 11) is 0. The number of para-hydroxylation sites is 2. The number of aromatic hydroxyl groups is 1. The number of hydrogen-bond acceptors (Lipinski definition) is 8. The molecule has 0 bridgehead atoms. The molecule has 28 heavy (non-hydrogen) atoms. The third-order valence-electron chi connectivity index (χ3n) is 4.30. The quantitative estimate of drug-likeness (QED) is 0.310. The van der Waals surface area contributed by atoms with E-state index in [2.05, 4.69) is 25.7 Å². The molecular weight excluding hydrogens is 362 g/mol. The predicted octanol–water partition coefficient (Wildman–Crippen LogP) is 3.06. The van der Waals surface area contributed by atoms with Gasteiger partial charge in [-0.2, -0.15) is 10.1 Å². The highest BCUT2D eigenvalue weighted by Crippen LogP contribution is 2.28. The van der Waals surface area contributed by atoms with Gasteiger partial charge in [0.25, 0.3) is 5.95 Å². The molecule has 0 fully saturated rings. The van der Waals surface area contributed by atoms with E-state index in [-0.39, 0.29) is 11.5 Å². The number of hydrogen-bond donors (Lipinski definition) is 2. The summed E-state index contributed by atoms with van der Waals surface area (Å²) in [6.45, 7) is 2.73. The Morgan fingerprint density at radius 2 is 2.07 bits per heavy atom. The highest BCUT2D eigenvalue weighted by molar-refractivity contribution is 6.04. The fraction of sp³-hybridized carbons (Fsp3) is 0.111. The summed E-state index contributed by atoms with van der Waals surface area (Å²) in [4.78, 5) is 14.7. The molecule has 2 aromatic carbocycles. The molecule has 4 rings (SSSR count). The second kappa shape index (κ2) is 6.91. The van der Waals surface area contributed by atoms with Gasteiger partial charge in [0.2, 0.25) is 5.75 Å². The smallest absolute Gasteiger partial charge is 0.311 e. The fourth-order valence-electron chi connectivity index (χ4n) is 3.03. The van der Waals surface area contributed by atoms with E-state index in [1.165, 1.54) is 24.4 Å². The maximum Gasteiger partial charge on any atom is 0.311 e. The fourth-order valence-corrected chi connectivity index (χ4v) is 3.03. The van der Waals surface area contributed by atoms with Gasteiger partial charge in [-0.25, -0.2) is 5.43 Å². The van der Waals surface area contributed by atoms with Crippen LogP contribution in [0.5, 0.6) is 5.75 Å². The van der Waals surface area contributed by atoms with Crippen molar-refractivity contribution >= 4 is 39.9 Å². The van der Waals surface area contributed by atoms with Crippen LogP contribution in [0, 0.1) is 10.1 Å². The van der Waals surface area contributed by atoms with Crippen LogP contribution in [-0.2, 0) is 6.54 Å². The second-order valence-corrected chi connectivity index (χ2v) is 5.91. The lowest BCUT2D eigenvalue weighted by atomic mass is 10.2. The van der Waals surface area contributed by atoms with Crippen molar-refractivity contribution in [2.75, 3.05) is 5.43 Å². The molecule has 0 saturated heterocycles. The Labute approximate surface area is 158 Å². The first-order valence-electron chi connectivity index (χ1n) is 8.47. The highest BCUT2D eigenvalue weighted by atomic mass is 16.6. The van der Waals surface area contributed by atoms with Crippen LogP contribution >= 0.6 is 0 Å². The van der Waals surface area contributed by atoms with E-state index >= 15 is 0 Å². The summed E-state index contributed by atoms with van der Waals surface area (Å²) in [6, 6.07) is 12.0. The standard InChI is InChI=1S/C18H15N7O3/c1-2-24-13-8-4-3-7-12(13)15-17(24)20-18(23-21-15)22-19-10-11-6-5-9-14(16(11)26)25(27)28/h3-10,26H,2H2,1H3,(H,20,22,23)/b19-10-. The van der Waals surface area contributed by atoms with E-state index in [1.54, 1.807) is 0 Å². The minimum atomic E-state index is -0.662. The zero-order valence-electron chi connectivity index (χ0n) is 14.8. The van der Waals surface area contributed by atoms with E-state index in [1.807, 2.05) is 35.8 Å². The van der Waals surface area contributed by atoms with E-state index in [0.717, 1.165) is 10.9 Å². The number of rotatable bonds is 5. The summed E-state index contributed by atoms with van der Waals surface area (Å²) in [5.41, 5.74) is 4.84. The molecule has 0 aliphatic carbocycles. The first-order chi connectivity index (χ1) is 13.6. The lowest BCUT2D eigenvalue weighted by molar-refractivity contribution is -0.385. The van der Waals surface area contributed by atoms with Gasteiger partial charge in [-0.05, 0) is 19.1 Å². The van der Waals surface area contributed by atoms with Gasteiger partial charge < -0.3 is 9.67 Å². The van der Waals surface area contributed by atoms with Crippen molar-refractivity contribution in [3.05, 3.63) is 58.1 Å².